The van der Waals surface area contributed by atoms with E-state index in [9.17, 15) is 13.9 Å². The second kappa shape index (κ2) is 5.58. The van der Waals surface area contributed by atoms with E-state index >= 15 is 0 Å². The number of hydrogen-bond donors (Lipinski definition) is 2. The van der Waals surface area contributed by atoms with Crippen LogP contribution in [0.5, 0.6) is 5.75 Å². The van der Waals surface area contributed by atoms with Crippen molar-refractivity contribution >= 4 is 10.9 Å². The van der Waals surface area contributed by atoms with Crippen LogP contribution in [-0.2, 0) is 6.54 Å². The molecule has 0 saturated heterocycles. The van der Waals surface area contributed by atoms with Crippen LogP contribution in [0.15, 0.2) is 18.3 Å². The molecule has 0 atom stereocenters. The molecule has 0 radical (unpaired) electrons. The number of aryl methyl sites for hydroxylation is 2. The summed E-state index contributed by atoms with van der Waals surface area (Å²) in [5.74, 6) is -3.06. The third kappa shape index (κ3) is 2.53. The van der Waals surface area contributed by atoms with E-state index in [4.69, 9.17) is 5.11 Å². The number of halogens is 2. The average molecular weight is 319 g/mol. The van der Waals surface area contributed by atoms with Crippen molar-refractivity contribution in [3.63, 3.8) is 0 Å². The van der Waals surface area contributed by atoms with Crippen molar-refractivity contribution < 1.29 is 19.0 Å². The highest BCUT2D eigenvalue weighted by Gasteiger charge is 2.18. The lowest BCUT2D eigenvalue weighted by Gasteiger charge is -2.08. The van der Waals surface area contributed by atoms with E-state index in [-0.39, 0.29) is 17.5 Å². The summed E-state index contributed by atoms with van der Waals surface area (Å²) in [6.45, 7) is 3.77. The second-order valence-electron chi connectivity index (χ2n) is 5.35. The molecule has 120 valence electrons. The summed E-state index contributed by atoms with van der Waals surface area (Å²) in [7, 11) is 0. The molecule has 0 aliphatic rings. The van der Waals surface area contributed by atoms with Crippen molar-refractivity contribution in [2.45, 2.75) is 20.4 Å². The Labute approximate surface area is 130 Å². The van der Waals surface area contributed by atoms with Crippen molar-refractivity contribution in [1.82, 2.24) is 14.8 Å². The summed E-state index contributed by atoms with van der Waals surface area (Å²) >= 11 is 0. The SMILES string of the molecule is Cc1nn(CCO)cc1-c1cc(C)c2c(F)c(O)c(F)cc2n1. The minimum atomic E-state index is -1.05. The topological polar surface area (TPSA) is 71.2 Å². The van der Waals surface area contributed by atoms with Gasteiger partial charge in [0.25, 0.3) is 0 Å². The van der Waals surface area contributed by atoms with Gasteiger partial charge in [0.05, 0.1) is 30.1 Å². The van der Waals surface area contributed by atoms with E-state index < -0.39 is 17.4 Å². The summed E-state index contributed by atoms with van der Waals surface area (Å²) in [5, 5.41) is 22.7. The maximum Gasteiger partial charge on any atom is 0.188 e. The molecule has 3 rings (SSSR count). The predicted molar refractivity (Wildman–Crippen MR) is 81.1 cm³/mol. The van der Waals surface area contributed by atoms with Crippen LogP contribution in [-0.4, -0.2) is 31.6 Å². The molecule has 2 heterocycles. The van der Waals surface area contributed by atoms with Gasteiger partial charge in [0.15, 0.2) is 17.4 Å². The van der Waals surface area contributed by atoms with E-state index in [2.05, 4.69) is 10.1 Å². The smallest absolute Gasteiger partial charge is 0.188 e. The van der Waals surface area contributed by atoms with Crippen molar-refractivity contribution in [2.24, 2.45) is 0 Å². The molecule has 2 N–H and O–H groups in total. The number of pyridine rings is 1. The maximum atomic E-state index is 14.1. The van der Waals surface area contributed by atoms with Crippen LogP contribution in [0.1, 0.15) is 11.3 Å². The Morgan fingerprint density at radius 1 is 1.22 bits per heavy atom. The summed E-state index contributed by atoms with van der Waals surface area (Å²) < 4.78 is 29.2. The third-order valence-corrected chi connectivity index (χ3v) is 3.71. The lowest BCUT2D eigenvalue weighted by atomic mass is 10.0. The van der Waals surface area contributed by atoms with Crippen molar-refractivity contribution in [2.75, 3.05) is 6.61 Å². The lowest BCUT2D eigenvalue weighted by molar-refractivity contribution is 0.269. The molecule has 0 fully saturated rings. The van der Waals surface area contributed by atoms with Gasteiger partial charge in [-0.2, -0.15) is 5.10 Å². The van der Waals surface area contributed by atoms with Crippen LogP contribution in [0.2, 0.25) is 0 Å². The number of phenols is 1. The Hall–Kier alpha value is -2.54. The number of aliphatic hydroxyl groups excluding tert-OH is 1. The van der Waals surface area contributed by atoms with Gasteiger partial charge in [-0.15, -0.1) is 0 Å². The maximum absolute atomic E-state index is 14.1. The first-order valence-electron chi connectivity index (χ1n) is 7.06. The molecular formula is C16H15F2N3O2. The van der Waals surface area contributed by atoms with Gasteiger partial charge in [-0.3, -0.25) is 4.68 Å². The van der Waals surface area contributed by atoms with Crippen LogP contribution < -0.4 is 0 Å². The van der Waals surface area contributed by atoms with Crippen molar-refractivity contribution in [3.05, 3.63) is 41.2 Å². The fraction of sp³-hybridized carbons (Fsp3) is 0.250. The number of aromatic hydroxyl groups is 1. The number of fused-ring (bicyclic) bond motifs is 1. The number of phenolic OH excluding ortho intramolecular Hbond substituents is 1. The second-order valence-corrected chi connectivity index (χ2v) is 5.35. The number of benzene rings is 1. The summed E-state index contributed by atoms with van der Waals surface area (Å²) in [6.07, 6.45) is 1.73. The Morgan fingerprint density at radius 2 is 1.96 bits per heavy atom. The Morgan fingerprint density at radius 3 is 2.65 bits per heavy atom. The first kappa shape index (κ1) is 15.4. The van der Waals surface area contributed by atoms with Gasteiger partial charge in [0.1, 0.15) is 0 Å². The minimum Gasteiger partial charge on any atom is -0.503 e. The van der Waals surface area contributed by atoms with Crippen LogP contribution in [0.4, 0.5) is 8.78 Å². The Bertz CT molecular complexity index is 906. The number of hydrogen-bond acceptors (Lipinski definition) is 4. The molecule has 0 aliphatic carbocycles. The molecule has 0 amide bonds. The molecule has 0 saturated carbocycles. The van der Waals surface area contributed by atoms with Gasteiger partial charge in [-0.1, -0.05) is 0 Å². The molecule has 1 aromatic carbocycles. The number of rotatable bonds is 3. The van der Waals surface area contributed by atoms with E-state index in [1.54, 1.807) is 30.8 Å². The van der Waals surface area contributed by atoms with Gasteiger partial charge in [-0.05, 0) is 25.5 Å². The van der Waals surface area contributed by atoms with Crippen LogP contribution in [0.25, 0.3) is 22.2 Å². The molecule has 7 heteroatoms. The molecule has 0 unspecified atom stereocenters. The molecule has 5 nitrogen and oxygen atoms in total. The van der Waals surface area contributed by atoms with Crippen LogP contribution in [0, 0.1) is 25.5 Å². The monoisotopic (exact) mass is 319 g/mol. The summed E-state index contributed by atoms with van der Waals surface area (Å²) in [4.78, 5) is 4.30. The lowest BCUT2D eigenvalue weighted by Crippen LogP contribution is -2.02. The highest BCUT2D eigenvalue weighted by molar-refractivity contribution is 5.87. The van der Waals surface area contributed by atoms with Gasteiger partial charge in [0, 0.05) is 23.2 Å². The number of aromatic nitrogens is 3. The fourth-order valence-corrected chi connectivity index (χ4v) is 2.62. The first-order chi connectivity index (χ1) is 10.9. The quantitative estimate of drug-likeness (QED) is 0.778. The predicted octanol–water partition coefficient (Wildman–Crippen LogP) is 2.69. The van der Waals surface area contributed by atoms with Gasteiger partial charge in [0.2, 0.25) is 0 Å². The zero-order chi connectivity index (χ0) is 16.7. The molecule has 0 spiro atoms. The zero-order valence-electron chi connectivity index (χ0n) is 12.6. The highest BCUT2D eigenvalue weighted by atomic mass is 19.1. The van der Waals surface area contributed by atoms with Gasteiger partial charge >= 0.3 is 0 Å². The van der Waals surface area contributed by atoms with Gasteiger partial charge < -0.3 is 10.2 Å². The van der Waals surface area contributed by atoms with Crippen molar-refractivity contribution in [1.29, 1.82) is 0 Å². The zero-order valence-corrected chi connectivity index (χ0v) is 12.6. The normalized spacial score (nSPS) is 11.3. The van der Waals surface area contributed by atoms with E-state index in [0.717, 1.165) is 11.6 Å². The number of nitrogens with zero attached hydrogens (tertiary/aromatic N) is 3. The standard InChI is InChI=1S/C16H15F2N3O2/c1-8-5-12(10-7-21(3-4-22)20-9(10)2)19-13-6-11(17)16(23)15(18)14(8)13/h5-7,22-23H,3-4H2,1-2H3. The first-order valence-corrected chi connectivity index (χ1v) is 7.06. The molecule has 0 aliphatic heterocycles. The van der Waals surface area contributed by atoms with Gasteiger partial charge in [-0.25, -0.2) is 13.8 Å². The largest absolute Gasteiger partial charge is 0.503 e. The minimum absolute atomic E-state index is 0.0412. The van der Waals surface area contributed by atoms with E-state index in [0.29, 0.717) is 23.5 Å². The molecular weight excluding hydrogens is 304 g/mol. The van der Waals surface area contributed by atoms with E-state index in [1.807, 2.05) is 0 Å². The summed E-state index contributed by atoms with van der Waals surface area (Å²) in [5.41, 5.74) is 2.61. The van der Waals surface area contributed by atoms with E-state index in [1.165, 1.54) is 0 Å². The molecule has 23 heavy (non-hydrogen) atoms. The molecule has 3 aromatic rings. The highest BCUT2D eigenvalue weighted by Crippen LogP contribution is 2.32. The number of aliphatic hydroxyl groups is 1. The summed E-state index contributed by atoms with van der Waals surface area (Å²) in [6, 6.07) is 2.67. The van der Waals surface area contributed by atoms with Crippen LogP contribution >= 0.6 is 0 Å². The third-order valence-electron chi connectivity index (χ3n) is 3.71. The van der Waals surface area contributed by atoms with Crippen molar-refractivity contribution in [3.8, 4) is 17.0 Å². The average Bonchev–Trinajstić information content (AvgIpc) is 2.85. The Kier molecular flexibility index (Phi) is 3.73. The fourth-order valence-electron chi connectivity index (χ4n) is 2.62. The Balaban J connectivity index is 2.22. The molecule has 2 aromatic heterocycles. The molecule has 0 bridgehead atoms. The van der Waals surface area contributed by atoms with Crippen LogP contribution in [0.3, 0.4) is 0 Å².